The minimum atomic E-state index is -4.56. The van der Waals surface area contributed by atoms with E-state index in [4.69, 9.17) is 5.11 Å². The second-order valence-corrected chi connectivity index (χ2v) is 4.41. The summed E-state index contributed by atoms with van der Waals surface area (Å²) in [6.07, 6.45) is -3.51. The smallest absolute Gasteiger partial charge is 0.435 e. The van der Waals surface area contributed by atoms with Crippen molar-refractivity contribution < 1.29 is 27.9 Å². The Morgan fingerprint density at radius 1 is 1.50 bits per heavy atom. The van der Waals surface area contributed by atoms with Gasteiger partial charge < -0.3 is 10.0 Å². The molecular weight excluding hydrogens is 279 g/mol. The summed E-state index contributed by atoms with van der Waals surface area (Å²) >= 11 is 0. The summed E-state index contributed by atoms with van der Waals surface area (Å²) in [5, 5.41) is 12.0. The van der Waals surface area contributed by atoms with Gasteiger partial charge in [0.1, 0.15) is 6.54 Å². The van der Waals surface area contributed by atoms with Crippen LogP contribution in [0.1, 0.15) is 12.6 Å². The number of carbonyl (C=O) groups is 2. The highest BCUT2D eigenvalue weighted by Crippen LogP contribution is 2.27. The predicted octanol–water partition coefficient (Wildman–Crippen LogP) is 1.08. The second-order valence-electron chi connectivity index (χ2n) is 4.41. The van der Waals surface area contributed by atoms with Crippen LogP contribution < -0.4 is 0 Å². The number of carbonyl (C=O) groups excluding carboxylic acids is 1. The number of halogens is 3. The van der Waals surface area contributed by atoms with Crippen molar-refractivity contribution in [3.05, 3.63) is 18.0 Å². The van der Waals surface area contributed by atoms with E-state index in [-0.39, 0.29) is 13.1 Å². The molecule has 1 aromatic heterocycles. The Morgan fingerprint density at radius 3 is 2.55 bits per heavy atom. The maximum absolute atomic E-state index is 12.3. The Balaban J connectivity index is 2.62. The van der Waals surface area contributed by atoms with Gasteiger partial charge in [-0.2, -0.15) is 18.3 Å². The van der Waals surface area contributed by atoms with Gasteiger partial charge in [-0.25, -0.2) is 0 Å². The molecule has 1 atom stereocenters. The molecule has 0 fully saturated rings. The van der Waals surface area contributed by atoms with Crippen molar-refractivity contribution >= 4 is 11.9 Å². The van der Waals surface area contributed by atoms with Crippen molar-refractivity contribution in [2.45, 2.75) is 19.6 Å². The third kappa shape index (κ3) is 4.25. The molecule has 0 saturated carbocycles. The number of hydrogen-bond donors (Lipinski definition) is 1. The van der Waals surface area contributed by atoms with E-state index in [1.165, 1.54) is 14.0 Å². The lowest BCUT2D eigenvalue weighted by atomic mass is 10.2. The number of alkyl halides is 3. The van der Waals surface area contributed by atoms with E-state index in [0.717, 1.165) is 21.8 Å². The summed E-state index contributed by atoms with van der Waals surface area (Å²) < 4.78 is 37.8. The summed E-state index contributed by atoms with van der Waals surface area (Å²) in [7, 11) is 1.38. The van der Waals surface area contributed by atoms with E-state index in [9.17, 15) is 22.8 Å². The van der Waals surface area contributed by atoms with Crippen LogP contribution in [0.5, 0.6) is 0 Å². The minimum Gasteiger partial charge on any atom is -0.481 e. The predicted molar refractivity (Wildman–Crippen MR) is 61.7 cm³/mol. The summed E-state index contributed by atoms with van der Waals surface area (Å²) in [5.74, 6) is -2.33. The van der Waals surface area contributed by atoms with Gasteiger partial charge in [0.15, 0.2) is 5.69 Å². The number of carboxylic acid groups (broad SMARTS) is 1. The SMILES string of the molecule is CC(CN(C)C(=O)Cn1ccc(C(F)(F)F)n1)C(=O)O. The minimum absolute atomic E-state index is 0.0262. The molecule has 0 aliphatic rings. The lowest BCUT2D eigenvalue weighted by molar-refractivity contribution is -0.144. The number of amides is 1. The molecule has 1 heterocycles. The lowest BCUT2D eigenvalue weighted by Crippen LogP contribution is -2.35. The van der Waals surface area contributed by atoms with E-state index in [2.05, 4.69) is 5.10 Å². The molecule has 1 aromatic rings. The quantitative estimate of drug-likeness (QED) is 0.881. The molecule has 9 heteroatoms. The van der Waals surface area contributed by atoms with Gasteiger partial charge in [0, 0.05) is 19.8 Å². The monoisotopic (exact) mass is 293 g/mol. The molecule has 112 valence electrons. The van der Waals surface area contributed by atoms with Crippen molar-refractivity contribution in [3.8, 4) is 0 Å². The maximum Gasteiger partial charge on any atom is 0.435 e. The number of nitrogens with zero attached hydrogens (tertiary/aromatic N) is 3. The number of hydrogen-bond acceptors (Lipinski definition) is 3. The molecule has 0 radical (unpaired) electrons. The Labute approximate surface area is 112 Å². The summed E-state index contributed by atoms with van der Waals surface area (Å²) in [6.45, 7) is 1.03. The van der Waals surface area contributed by atoms with E-state index >= 15 is 0 Å². The second kappa shape index (κ2) is 5.93. The number of likely N-dealkylation sites (N-methyl/N-ethyl adjacent to an activating group) is 1. The van der Waals surface area contributed by atoms with E-state index in [1.807, 2.05) is 0 Å². The van der Waals surface area contributed by atoms with Crippen LogP contribution in [0.2, 0.25) is 0 Å². The number of aromatic nitrogens is 2. The van der Waals surface area contributed by atoms with Crippen molar-refractivity contribution in [2.75, 3.05) is 13.6 Å². The third-order valence-corrected chi connectivity index (χ3v) is 2.62. The summed E-state index contributed by atoms with van der Waals surface area (Å²) in [6, 6.07) is 0.771. The maximum atomic E-state index is 12.3. The van der Waals surface area contributed by atoms with Gasteiger partial charge in [-0.05, 0) is 6.07 Å². The van der Waals surface area contributed by atoms with E-state index < -0.39 is 29.7 Å². The molecule has 1 amide bonds. The van der Waals surface area contributed by atoms with Crippen LogP contribution >= 0.6 is 0 Å². The first kappa shape index (κ1) is 16.0. The van der Waals surface area contributed by atoms with Crippen molar-refractivity contribution in [3.63, 3.8) is 0 Å². The highest BCUT2D eigenvalue weighted by Gasteiger charge is 2.33. The Kier molecular flexibility index (Phi) is 4.74. The first-order valence-corrected chi connectivity index (χ1v) is 5.68. The van der Waals surface area contributed by atoms with Crippen LogP contribution in [0.3, 0.4) is 0 Å². The topological polar surface area (TPSA) is 75.4 Å². The first-order chi connectivity index (χ1) is 9.11. The molecule has 0 aromatic carbocycles. The van der Waals surface area contributed by atoms with E-state index in [1.54, 1.807) is 0 Å². The molecule has 1 N–H and O–H groups in total. The Bertz CT molecular complexity index is 499. The van der Waals surface area contributed by atoms with Crippen LogP contribution in [0, 0.1) is 5.92 Å². The zero-order valence-electron chi connectivity index (χ0n) is 10.9. The van der Waals surface area contributed by atoms with Crippen LogP contribution in [-0.4, -0.2) is 45.3 Å². The molecule has 0 bridgehead atoms. The fourth-order valence-corrected chi connectivity index (χ4v) is 1.45. The zero-order chi connectivity index (χ0) is 15.5. The highest BCUT2D eigenvalue weighted by atomic mass is 19.4. The normalized spacial score (nSPS) is 13.1. The molecule has 20 heavy (non-hydrogen) atoms. The molecule has 1 unspecified atom stereocenters. The number of rotatable bonds is 5. The molecule has 0 spiro atoms. The average molecular weight is 293 g/mol. The Hall–Kier alpha value is -2.06. The van der Waals surface area contributed by atoms with Gasteiger partial charge in [0.25, 0.3) is 0 Å². The molecule has 6 nitrogen and oxygen atoms in total. The Morgan fingerprint density at radius 2 is 2.10 bits per heavy atom. The van der Waals surface area contributed by atoms with Crippen LogP contribution in [-0.2, 0) is 22.3 Å². The van der Waals surface area contributed by atoms with Gasteiger partial charge >= 0.3 is 12.1 Å². The first-order valence-electron chi connectivity index (χ1n) is 5.68. The zero-order valence-corrected chi connectivity index (χ0v) is 10.9. The summed E-state index contributed by atoms with van der Waals surface area (Å²) in [5.41, 5.74) is -1.08. The average Bonchev–Trinajstić information content (AvgIpc) is 2.76. The highest BCUT2D eigenvalue weighted by molar-refractivity contribution is 5.77. The molecular formula is C11H14F3N3O3. The van der Waals surface area contributed by atoms with Crippen LogP contribution in [0.4, 0.5) is 13.2 Å². The van der Waals surface area contributed by atoms with Crippen molar-refractivity contribution in [1.29, 1.82) is 0 Å². The standard InChI is InChI=1S/C11H14F3N3O3/c1-7(10(19)20)5-16(2)9(18)6-17-4-3-8(15-17)11(12,13)14/h3-4,7H,5-6H2,1-2H3,(H,19,20). The number of carboxylic acids is 1. The fraction of sp³-hybridized carbons (Fsp3) is 0.545. The van der Waals surface area contributed by atoms with E-state index in [0.29, 0.717) is 0 Å². The van der Waals surface area contributed by atoms with Gasteiger partial charge in [0.2, 0.25) is 5.91 Å². The number of aliphatic carboxylic acids is 1. The van der Waals surface area contributed by atoms with Gasteiger partial charge in [-0.1, -0.05) is 6.92 Å². The van der Waals surface area contributed by atoms with Gasteiger partial charge in [-0.15, -0.1) is 0 Å². The van der Waals surface area contributed by atoms with Crippen LogP contribution in [0.25, 0.3) is 0 Å². The largest absolute Gasteiger partial charge is 0.481 e. The molecule has 0 aliphatic heterocycles. The van der Waals surface area contributed by atoms with Crippen molar-refractivity contribution in [2.24, 2.45) is 5.92 Å². The third-order valence-electron chi connectivity index (χ3n) is 2.62. The van der Waals surface area contributed by atoms with Gasteiger partial charge in [-0.3, -0.25) is 14.3 Å². The summed E-state index contributed by atoms with van der Waals surface area (Å²) in [4.78, 5) is 23.5. The molecule has 0 aliphatic carbocycles. The van der Waals surface area contributed by atoms with Gasteiger partial charge in [0.05, 0.1) is 5.92 Å². The lowest BCUT2D eigenvalue weighted by Gasteiger charge is -2.19. The molecule has 0 saturated heterocycles. The fourth-order valence-electron chi connectivity index (χ4n) is 1.45. The van der Waals surface area contributed by atoms with Crippen molar-refractivity contribution in [1.82, 2.24) is 14.7 Å². The molecule has 1 rings (SSSR count). The van der Waals surface area contributed by atoms with Crippen LogP contribution in [0.15, 0.2) is 12.3 Å².